The summed E-state index contributed by atoms with van der Waals surface area (Å²) in [6, 6.07) is 6.88. The summed E-state index contributed by atoms with van der Waals surface area (Å²) in [6.07, 6.45) is 1.97. The van der Waals surface area contributed by atoms with Crippen LogP contribution in [0.4, 0.5) is 5.69 Å². The lowest BCUT2D eigenvalue weighted by Crippen LogP contribution is -2.38. The van der Waals surface area contributed by atoms with E-state index < -0.39 is 0 Å². The van der Waals surface area contributed by atoms with Crippen LogP contribution in [0, 0.1) is 5.92 Å². The Morgan fingerprint density at radius 2 is 1.80 bits per heavy atom. The van der Waals surface area contributed by atoms with Gasteiger partial charge in [0, 0.05) is 24.2 Å². The summed E-state index contributed by atoms with van der Waals surface area (Å²) in [6.45, 7) is 6.05. The summed E-state index contributed by atoms with van der Waals surface area (Å²) in [5.74, 6) is -0.161. The number of benzene rings is 1. The molecule has 1 aliphatic heterocycles. The summed E-state index contributed by atoms with van der Waals surface area (Å²) in [5, 5.41) is 2.84. The zero-order chi connectivity index (χ0) is 18.2. The highest BCUT2D eigenvalue weighted by atomic mass is 16.5. The molecular weight excluding hydrogens is 320 g/mol. The molecule has 136 valence electrons. The maximum atomic E-state index is 12.1. The van der Waals surface area contributed by atoms with Crippen molar-refractivity contribution in [3.8, 4) is 0 Å². The van der Waals surface area contributed by atoms with Gasteiger partial charge in [-0.15, -0.1) is 0 Å². The van der Waals surface area contributed by atoms with Crippen LogP contribution in [-0.4, -0.2) is 48.8 Å². The Balaban J connectivity index is 1.70. The Hall–Kier alpha value is -2.21. The van der Waals surface area contributed by atoms with Crippen molar-refractivity contribution in [2.75, 3.05) is 31.6 Å². The fraction of sp³-hybridized carbons (Fsp3) is 0.526. The molecule has 6 nitrogen and oxygen atoms in total. The van der Waals surface area contributed by atoms with Crippen LogP contribution in [-0.2, 0) is 14.3 Å². The van der Waals surface area contributed by atoms with Gasteiger partial charge < -0.3 is 15.0 Å². The number of amides is 1. The molecule has 0 saturated carbocycles. The number of ether oxygens (including phenoxy) is 1. The minimum Gasteiger partial charge on any atom is -0.466 e. The fourth-order valence-electron chi connectivity index (χ4n) is 2.92. The number of carbonyl (C=O) groups is 3. The van der Waals surface area contributed by atoms with Gasteiger partial charge >= 0.3 is 5.97 Å². The predicted molar refractivity (Wildman–Crippen MR) is 95.5 cm³/mol. The van der Waals surface area contributed by atoms with Crippen molar-refractivity contribution in [2.24, 2.45) is 5.92 Å². The molecule has 0 aromatic heterocycles. The molecule has 1 fully saturated rings. The third-order valence-corrected chi connectivity index (χ3v) is 4.44. The first kappa shape index (κ1) is 19.1. The Kier molecular flexibility index (Phi) is 7.13. The number of Topliss-reactive ketones (excluding diaryl/α,β-unsaturated/α-hetero) is 1. The van der Waals surface area contributed by atoms with Crippen LogP contribution in [0.25, 0.3) is 0 Å². The monoisotopic (exact) mass is 346 g/mol. The lowest BCUT2D eigenvalue weighted by Gasteiger charge is -2.30. The number of nitrogens with one attached hydrogen (secondary N) is 1. The molecule has 0 radical (unpaired) electrons. The average Bonchev–Trinajstić information content (AvgIpc) is 2.61. The van der Waals surface area contributed by atoms with Gasteiger partial charge in [0.1, 0.15) is 0 Å². The third kappa shape index (κ3) is 5.98. The Morgan fingerprint density at radius 3 is 2.36 bits per heavy atom. The van der Waals surface area contributed by atoms with E-state index >= 15 is 0 Å². The zero-order valence-corrected chi connectivity index (χ0v) is 14.9. The van der Waals surface area contributed by atoms with Crippen LogP contribution in [0.3, 0.4) is 0 Å². The fourth-order valence-corrected chi connectivity index (χ4v) is 2.92. The Morgan fingerprint density at radius 1 is 1.16 bits per heavy atom. The molecule has 1 saturated heterocycles. The van der Waals surface area contributed by atoms with Crippen LogP contribution in [0.15, 0.2) is 24.3 Å². The number of likely N-dealkylation sites (tertiary alicyclic amines) is 1. The Bertz CT molecular complexity index is 604. The van der Waals surface area contributed by atoms with Gasteiger partial charge in [0.05, 0.1) is 12.5 Å². The van der Waals surface area contributed by atoms with Crippen molar-refractivity contribution < 1.29 is 19.1 Å². The van der Waals surface area contributed by atoms with Gasteiger partial charge in [0.15, 0.2) is 5.78 Å². The van der Waals surface area contributed by atoms with E-state index in [1.54, 1.807) is 24.3 Å². The van der Waals surface area contributed by atoms with Gasteiger partial charge in [-0.05, 0) is 64.0 Å². The summed E-state index contributed by atoms with van der Waals surface area (Å²) in [5.41, 5.74) is 1.32. The molecule has 1 N–H and O–H groups in total. The highest BCUT2D eigenvalue weighted by Crippen LogP contribution is 2.19. The van der Waals surface area contributed by atoms with E-state index in [0.29, 0.717) is 30.8 Å². The maximum Gasteiger partial charge on any atom is 0.309 e. The first-order chi connectivity index (χ1) is 12.0. The number of hydrogen-bond acceptors (Lipinski definition) is 5. The van der Waals surface area contributed by atoms with Crippen molar-refractivity contribution in [1.82, 2.24) is 4.90 Å². The van der Waals surface area contributed by atoms with Crippen molar-refractivity contribution in [1.29, 1.82) is 0 Å². The quantitative estimate of drug-likeness (QED) is 0.606. The number of carbonyl (C=O) groups excluding carboxylic acids is 3. The first-order valence-electron chi connectivity index (χ1n) is 8.79. The standard InChI is InChI=1S/C19H26N2O4/c1-3-25-19(24)16-8-11-21(12-9-16)13-10-18(23)20-17-6-4-15(5-7-17)14(2)22/h4-7,16H,3,8-13H2,1-2H3,(H,20,23). The highest BCUT2D eigenvalue weighted by Gasteiger charge is 2.25. The first-order valence-corrected chi connectivity index (χ1v) is 8.79. The van der Waals surface area contributed by atoms with Crippen LogP contribution < -0.4 is 5.32 Å². The van der Waals surface area contributed by atoms with Gasteiger partial charge in [-0.1, -0.05) is 0 Å². The molecule has 1 aliphatic rings. The van der Waals surface area contributed by atoms with Crippen molar-refractivity contribution >= 4 is 23.3 Å². The van der Waals surface area contributed by atoms with E-state index in [9.17, 15) is 14.4 Å². The van der Waals surface area contributed by atoms with E-state index in [2.05, 4.69) is 10.2 Å². The molecular formula is C19H26N2O4. The second-order valence-corrected chi connectivity index (χ2v) is 6.30. The minimum absolute atomic E-state index is 0.00379. The molecule has 1 heterocycles. The van der Waals surface area contributed by atoms with Gasteiger partial charge in [0.2, 0.25) is 5.91 Å². The number of rotatable bonds is 7. The number of hydrogen-bond donors (Lipinski definition) is 1. The third-order valence-electron chi connectivity index (χ3n) is 4.44. The summed E-state index contributed by atoms with van der Waals surface area (Å²) < 4.78 is 5.06. The van der Waals surface area contributed by atoms with Crippen molar-refractivity contribution in [2.45, 2.75) is 33.1 Å². The predicted octanol–water partition coefficient (Wildman–Crippen LogP) is 2.49. The molecule has 2 rings (SSSR count). The van der Waals surface area contributed by atoms with Gasteiger partial charge in [-0.25, -0.2) is 0 Å². The average molecular weight is 346 g/mol. The number of piperidine rings is 1. The summed E-state index contributed by atoms with van der Waals surface area (Å²) in [7, 11) is 0. The van der Waals surface area contributed by atoms with Crippen LogP contribution in [0.1, 0.15) is 43.5 Å². The molecule has 25 heavy (non-hydrogen) atoms. The normalized spacial score (nSPS) is 15.6. The lowest BCUT2D eigenvalue weighted by molar-refractivity contribution is -0.149. The minimum atomic E-state index is -0.103. The van der Waals surface area contributed by atoms with E-state index in [1.807, 2.05) is 6.92 Å². The number of anilines is 1. The van der Waals surface area contributed by atoms with E-state index in [0.717, 1.165) is 25.9 Å². The van der Waals surface area contributed by atoms with Crippen LogP contribution >= 0.6 is 0 Å². The number of nitrogens with zero attached hydrogens (tertiary/aromatic N) is 1. The van der Waals surface area contributed by atoms with E-state index in [4.69, 9.17) is 4.74 Å². The molecule has 0 aliphatic carbocycles. The van der Waals surface area contributed by atoms with Crippen LogP contribution in [0.5, 0.6) is 0 Å². The highest BCUT2D eigenvalue weighted by molar-refractivity contribution is 5.95. The van der Waals surface area contributed by atoms with Crippen molar-refractivity contribution in [3.05, 3.63) is 29.8 Å². The van der Waals surface area contributed by atoms with Crippen LogP contribution in [0.2, 0.25) is 0 Å². The molecule has 1 aromatic carbocycles. The van der Waals surface area contributed by atoms with Crippen molar-refractivity contribution in [3.63, 3.8) is 0 Å². The Labute approximate surface area is 148 Å². The van der Waals surface area contributed by atoms with Gasteiger partial charge in [0.25, 0.3) is 0 Å². The van der Waals surface area contributed by atoms with Gasteiger partial charge in [-0.3, -0.25) is 14.4 Å². The second-order valence-electron chi connectivity index (χ2n) is 6.30. The molecule has 1 aromatic rings. The molecule has 1 amide bonds. The van der Waals surface area contributed by atoms with Gasteiger partial charge in [-0.2, -0.15) is 0 Å². The van der Waals surface area contributed by atoms with E-state index in [-0.39, 0.29) is 23.6 Å². The molecule has 0 unspecified atom stereocenters. The smallest absolute Gasteiger partial charge is 0.309 e. The molecule has 0 spiro atoms. The molecule has 6 heteroatoms. The topological polar surface area (TPSA) is 75.7 Å². The summed E-state index contributed by atoms with van der Waals surface area (Å²) in [4.78, 5) is 37.2. The lowest BCUT2D eigenvalue weighted by atomic mass is 9.97. The largest absolute Gasteiger partial charge is 0.466 e. The van der Waals surface area contributed by atoms with E-state index in [1.165, 1.54) is 6.92 Å². The number of ketones is 1. The summed E-state index contributed by atoms with van der Waals surface area (Å²) >= 11 is 0. The molecule has 0 atom stereocenters. The second kappa shape index (κ2) is 9.32. The molecule has 0 bridgehead atoms. The number of esters is 1. The SMILES string of the molecule is CCOC(=O)C1CCN(CCC(=O)Nc2ccc(C(C)=O)cc2)CC1. The maximum absolute atomic E-state index is 12.1. The zero-order valence-electron chi connectivity index (χ0n) is 14.9.